The molecule has 2 atom stereocenters. The van der Waals surface area contributed by atoms with Crippen LogP contribution in [0.4, 0.5) is 0 Å². The second-order valence-corrected chi connectivity index (χ2v) is 6.10. The van der Waals surface area contributed by atoms with Gasteiger partial charge in [0.05, 0.1) is 6.16 Å². The Morgan fingerprint density at radius 3 is 2.71 bits per heavy atom. The minimum Gasteiger partial charge on any atom is -0.324 e. The topological polar surface area (TPSA) is 57.5 Å². The van der Waals surface area contributed by atoms with Crippen LogP contribution in [0.15, 0.2) is 11.6 Å². The quantitative estimate of drug-likeness (QED) is 0.565. The van der Waals surface area contributed by atoms with Crippen molar-refractivity contribution in [1.29, 1.82) is 0 Å². The molecular weight excluding hydrogens is 199 g/mol. The number of hydrogen-bond donors (Lipinski definition) is 2. The van der Waals surface area contributed by atoms with E-state index < -0.39 is 7.60 Å². The SMILES string of the molecule is CC1=CC[C@@H]([C@@H](C)CP(=O)(O)O)CC1. The van der Waals surface area contributed by atoms with Gasteiger partial charge < -0.3 is 9.79 Å². The maximum Gasteiger partial charge on any atom is 0.325 e. The highest BCUT2D eigenvalue weighted by molar-refractivity contribution is 7.51. The van der Waals surface area contributed by atoms with Crippen LogP contribution in [-0.2, 0) is 4.57 Å². The third kappa shape index (κ3) is 3.95. The minimum absolute atomic E-state index is 0.0323. The summed E-state index contributed by atoms with van der Waals surface area (Å²) in [4.78, 5) is 17.7. The standard InChI is InChI=1S/C10H19O3P/c1-8-3-5-10(6-4-8)9(2)7-14(11,12)13/h3,9-10H,4-7H2,1-2H3,(H2,11,12,13)/t9-,10+/m0/s1. The van der Waals surface area contributed by atoms with Crippen molar-refractivity contribution in [1.82, 2.24) is 0 Å². The molecule has 2 N–H and O–H groups in total. The van der Waals surface area contributed by atoms with E-state index in [1.54, 1.807) is 0 Å². The summed E-state index contributed by atoms with van der Waals surface area (Å²) in [6, 6.07) is 0. The molecule has 14 heavy (non-hydrogen) atoms. The van der Waals surface area contributed by atoms with Gasteiger partial charge in [0.25, 0.3) is 0 Å². The highest BCUT2D eigenvalue weighted by atomic mass is 31.2. The molecule has 0 heterocycles. The maximum atomic E-state index is 10.8. The van der Waals surface area contributed by atoms with E-state index >= 15 is 0 Å². The van der Waals surface area contributed by atoms with Gasteiger partial charge in [-0.15, -0.1) is 0 Å². The van der Waals surface area contributed by atoms with E-state index in [9.17, 15) is 4.57 Å². The Morgan fingerprint density at radius 1 is 1.64 bits per heavy atom. The fraction of sp³-hybridized carbons (Fsp3) is 0.800. The van der Waals surface area contributed by atoms with Gasteiger partial charge in [0.15, 0.2) is 0 Å². The summed E-state index contributed by atoms with van der Waals surface area (Å²) in [5.74, 6) is 0.575. The summed E-state index contributed by atoms with van der Waals surface area (Å²) in [5, 5.41) is 0. The Labute approximate surface area is 85.4 Å². The fourth-order valence-corrected chi connectivity index (χ4v) is 3.08. The molecular formula is C10H19O3P. The molecule has 0 saturated heterocycles. The Kier molecular flexibility index (Phi) is 3.94. The van der Waals surface area contributed by atoms with Crippen LogP contribution in [-0.4, -0.2) is 15.9 Å². The molecule has 0 amide bonds. The van der Waals surface area contributed by atoms with E-state index in [1.807, 2.05) is 6.92 Å². The zero-order valence-corrected chi connectivity index (χ0v) is 9.70. The highest BCUT2D eigenvalue weighted by Crippen LogP contribution is 2.41. The Hall–Kier alpha value is -0.110. The molecule has 0 aromatic carbocycles. The van der Waals surface area contributed by atoms with Crippen LogP contribution in [0.3, 0.4) is 0 Å². The molecule has 1 rings (SSSR count). The smallest absolute Gasteiger partial charge is 0.324 e. The molecule has 0 unspecified atom stereocenters. The molecule has 0 bridgehead atoms. The van der Waals surface area contributed by atoms with Crippen LogP contribution >= 0.6 is 7.60 Å². The summed E-state index contributed by atoms with van der Waals surface area (Å²) in [6.07, 6.45) is 5.36. The Balaban J connectivity index is 2.47. The number of hydrogen-bond acceptors (Lipinski definition) is 1. The van der Waals surface area contributed by atoms with Crippen LogP contribution in [0.2, 0.25) is 0 Å². The number of rotatable bonds is 3. The van der Waals surface area contributed by atoms with Gasteiger partial charge in [0.2, 0.25) is 0 Å². The average Bonchev–Trinajstić information content (AvgIpc) is 2.02. The summed E-state index contributed by atoms with van der Waals surface area (Å²) in [6.45, 7) is 4.06. The first kappa shape index (κ1) is 12.0. The lowest BCUT2D eigenvalue weighted by molar-refractivity contribution is 0.316. The molecule has 82 valence electrons. The molecule has 0 radical (unpaired) electrons. The molecule has 4 heteroatoms. The molecule has 3 nitrogen and oxygen atoms in total. The minimum atomic E-state index is -3.82. The number of allylic oxidation sites excluding steroid dienone is 2. The first-order valence-electron chi connectivity index (χ1n) is 5.08. The second-order valence-electron chi connectivity index (χ2n) is 4.41. The van der Waals surface area contributed by atoms with Gasteiger partial charge in [-0.2, -0.15) is 0 Å². The molecule has 1 aliphatic carbocycles. The van der Waals surface area contributed by atoms with Gasteiger partial charge in [-0.25, -0.2) is 0 Å². The Bertz CT molecular complexity index is 267. The third-order valence-electron chi connectivity index (χ3n) is 3.01. The van der Waals surface area contributed by atoms with E-state index in [-0.39, 0.29) is 12.1 Å². The summed E-state index contributed by atoms with van der Waals surface area (Å²) in [5.41, 5.74) is 1.41. The van der Waals surface area contributed by atoms with Crippen LogP contribution in [0.25, 0.3) is 0 Å². The largest absolute Gasteiger partial charge is 0.325 e. The Morgan fingerprint density at radius 2 is 2.29 bits per heavy atom. The van der Waals surface area contributed by atoms with Crippen molar-refractivity contribution in [2.45, 2.75) is 33.1 Å². The normalized spacial score (nSPS) is 25.7. The lowest BCUT2D eigenvalue weighted by atomic mass is 9.83. The molecule has 1 aliphatic rings. The van der Waals surface area contributed by atoms with Crippen molar-refractivity contribution in [2.24, 2.45) is 11.8 Å². The van der Waals surface area contributed by atoms with Crippen LogP contribution < -0.4 is 0 Å². The van der Waals surface area contributed by atoms with Crippen molar-refractivity contribution in [2.75, 3.05) is 6.16 Å². The molecule has 0 fully saturated rings. The summed E-state index contributed by atoms with van der Waals surface area (Å²) < 4.78 is 10.8. The highest BCUT2D eigenvalue weighted by Gasteiger charge is 2.25. The van der Waals surface area contributed by atoms with Gasteiger partial charge in [0, 0.05) is 0 Å². The van der Waals surface area contributed by atoms with E-state index in [0.29, 0.717) is 5.92 Å². The first-order chi connectivity index (χ1) is 6.38. The predicted molar refractivity (Wildman–Crippen MR) is 57.2 cm³/mol. The maximum absolute atomic E-state index is 10.8. The van der Waals surface area contributed by atoms with Gasteiger partial charge in [-0.1, -0.05) is 18.6 Å². The molecule has 0 saturated carbocycles. The van der Waals surface area contributed by atoms with Gasteiger partial charge >= 0.3 is 7.60 Å². The summed E-state index contributed by atoms with van der Waals surface area (Å²) in [7, 11) is -3.82. The fourth-order valence-electron chi connectivity index (χ4n) is 2.03. The molecule has 0 aromatic heterocycles. The average molecular weight is 218 g/mol. The van der Waals surface area contributed by atoms with E-state index in [0.717, 1.165) is 19.3 Å². The van der Waals surface area contributed by atoms with Crippen LogP contribution in [0.5, 0.6) is 0 Å². The van der Waals surface area contributed by atoms with Crippen LogP contribution in [0.1, 0.15) is 33.1 Å². The van der Waals surface area contributed by atoms with Gasteiger partial charge in [0.1, 0.15) is 0 Å². The third-order valence-corrected chi connectivity index (χ3v) is 4.06. The second kappa shape index (κ2) is 4.61. The van der Waals surface area contributed by atoms with E-state index in [1.165, 1.54) is 5.57 Å². The van der Waals surface area contributed by atoms with Crippen molar-refractivity contribution in [3.8, 4) is 0 Å². The van der Waals surface area contributed by atoms with E-state index in [4.69, 9.17) is 9.79 Å². The monoisotopic (exact) mass is 218 g/mol. The first-order valence-corrected chi connectivity index (χ1v) is 6.88. The molecule has 0 aliphatic heterocycles. The van der Waals surface area contributed by atoms with Gasteiger partial charge in [-0.3, -0.25) is 4.57 Å². The van der Waals surface area contributed by atoms with E-state index in [2.05, 4.69) is 13.0 Å². The van der Waals surface area contributed by atoms with Crippen molar-refractivity contribution < 1.29 is 14.4 Å². The lowest BCUT2D eigenvalue weighted by Crippen LogP contribution is -2.17. The zero-order chi connectivity index (χ0) is 10.8. The summed E-state index contributed by atoms with van der Waals surface area (Å²) >= 11 is 0. The van der Waals surface area contributed by atoms with Gasteiger partial charge in [-0.05, 0) is 38.0 Å². The zero-order valence-electron chi connectivity index (χ0n) is 8.81. The lowest BCUT2D eigenvalue weighted by Gasteiger charge is -2.26. The molecule has 0 aromatic rings. The van der Waals surface area contributed by atoms with Crippen molar-refractivity contribution in [3.05, 3.63) is 11.6 Å². The predicted octanol–water partition coefficient (Wildman–Crippen LogP) is 2.55. The van der Waals surface area contributed by atoms with Crippen molar-refractivity contribution in [3.63, 3.8) is 0 Å². The molecule has 0 spiro atoms. The van der Waals surface area contributed by atoms with Crippen molar-refractivity contribution >= 4 is 7.60 Å². The van der Waals surface area contributed by atoms with Crippen LogP contribution in [0, 0.1) is 11.8 Å².